The van der Waals surface area contributed by atoms with Crippen molar-refractivity contribution < 1.29 is 27.1 Å². The van der Waals surface area contributed by atoms with Gasteiger partial charge in [-0.3, -0.25) is 13.9 Å². The molecule has 1 atom stereocenters. The smallest absolute Gasteiger partial charge is 0.264 e. The van der Waals surface area contributed by atoms with Crippen molar-refractivity contribution >= 4 is 39.1 Å². The van der Waals surface area contributed by atoms with E-state index in [9.17, 15) is 22.4 Å². The highest BCUT2D eigenvalue weighted by Gasteiger charge is 2.60. The fourth-order valence-corrected chi connectivity index (χ4v) is 9.36. The van der Waals surface area contributed by atoms with Crippen LogP contribution in [0.2, 0.25) is 5.02 Å². The number of likely N-dealkylation sites (tertiary alicyclic amines) is 1. The van der Waals surface area contributed by atoms with E-state index in [4.69, 9.17) is 16.3 Å². The molecule has 11 heteroatoms. The molecular formula is C34H35ClFN3O5S. The molecule has 0 aromatic heterocycles. The quantitative estimate of drug-likeness (QED) is 0.375. The van der Waals surface area contributed by atoms with E-state index in [1.807, 2.05) is 36.1 Å². The van der Waals surface area contributed by atoms with Crippen molar-refractivity contribution in [1.29, 1.82) is 0 Å². The number of piperidine rings is 1. The second-order valence-corrected chi connectivity index (χ2v) is 15.3. The van der Waals surface area contributed by atoms with Gasteiger partial charge in [0.1, 0.15) is 5.82 Å². The molecule has 4 aliphatic rings. The van der Waals surface area contributed by atoms with E-state index >= 15 is 0 Å². The summed E-state index contributed by atoms with van der Waals surface area (Å²) >= 11 is 6.30. The summed E-state index contributed by atoms with van der Waals surface area (Å²) in [6, 6.07) is 17.1. The van der Waals surface area contributed by atoms with Gasteiger partial charge in [-0.05, 0) is 98.2 Å². The molecule has 1 unspecified atom stereocenters. The topological polar surface area (TPSA) is 96.0 Å². The summed E-state index contributed by atoms with van der Waals surface area (Å²) in [5.41, 5.74) is 1.43. The molecule has 3 aromatic rings. The highest BCUT2D eigenvalue weighted by atomic mass is 35.5. The molecule has 236 valence electrons. The number of nitrogens with one attached hydrogen (secondary N) is 1. The van der Waals surface area contributed by atoms with Crippen LogP contribution in [-0.4, -0.2) is 57.5 Å². The minimum atomic E-state index is -4.08. The highest BCUT2D eigenvalue weighted by molar-refractivity contribution is 7.92. The summed E-state index contributed by atoms with van der Waals surface area (Å²) in [6.07, 6.45) is 2.89. The van der Waals surface area contributed by atoms with E-state index in [1.165, 1.54) is 16.4 Å². The average molecular weight is 652 g/mol. The summed E-state index contributed by atoms with van der Waals surface area (Å²) in [7, 11) is -4.08. The number of fused-ring (bicyclic) bond motifs is 2. The van der Waals surface area contributed by atoms with Crippen LogP contribution in [0, 0.1) is 17.2 Å². The maximum absolute atomic E-state index is 14.4. The normalized spacial score (nSPS) is 21.7. The Morgan fingerprint density at radius 1 is 1.02 bits per heavy atom. The van der Waals surface area contributed by atoms with E-state index in [0.29, 0.717) is 55.4 Å². The summed E-state index contributed by atoms with van der Waals surface area (Å²) in [6.45, 7) is 3.92. The molecule has 1 spiro atoms. The van der Waals surface area contributed by atoms with Crippen LogP contribution in [0.15, 0.2) is 71.6 Å². The van der Waals surface area contributed by atoms with Crippen LogP contribution in [0.3, 0.4) is 0 Å². The molecule has 3 aromatic carbocycles. The summed E-state index contributed by atoms with van der Waals surface area (Å²) in [5, 5.41) is 3.51. The van der Waals surface area contributed by atoms with Gasteiger partial charge in [0.15, 0.2) is 0 Å². The number of anilines is 1. The van der Waals surface area contributed by atoms with E-state index in [2.05, 4.69) is 5.32 Å². The van der Waals surface area contributed by atoms with Crippen molar-refractivity contribution in [2.75, 3.05) is 30.6 Å². The van der Waals surface area contributed by atoms with E-state index < -0.39 is 26.7 Å². The molecule has 1 aliphatic carbocycles. The molecule has 45 heavy (non-hydrogen) atoms. The fraction of sp³-hybridized carbons (Fsp3) is 0.412. The Balaban J connectivity index is 1.27. The van der Waals surface area contributed by atoms with Gasteiger partial charge < -0.3 is 15.0 Å². The Morgan fingerprint density at radius 2 is 1.71 bits per heavy atom. The lowest BCUT2D eigenvalue weighted by molar-refractivity contribution is -0.170. The van der Waals surface area contributed by atoms with E-state index in [1.54, 1.807) is 18.2 Å². The number of ether oxygens (including phenoxy) is 1. The summed E-state index contributed by atoms with van der Waals surface area (Å²) in [4.78, 5) is 28.8. The first-order valence-corrected chi connectivity index (χ1v) is 17.2. The van der Waals surface area contributed by atoms with Crippen molar-refractivity contribution in [2.24, 2.45) is 11.3 Å². The van der Waals surface area contributed by atoms with Crippen LogP contribution < -0.4 is 9.62 Å². The number of carbonyl (C=O) groups excluding carboxylic acids is 2. The number of rotatable bonds is 7. The van der Waals surface area contributed by atoms with Gasteiger partial charge >= 0.3 is 0 Å². The molecular weight excluding hydrogens is 617 g/mol. The maximum atomic E-state index is 14.4. The number of hydrogen-bond donors (Lipinski definition) is 1. The maximum Gasteiger partial charge on any atom is 0.264 e. The fourth-order valence-electron chi connectivity index (χ4n) is 7.36. The van der Waals surface area contributed by atoms with Crippen LogP contribution >= 0.6 is 11.6 Å². The summed E-state index contributed by atoms with van der Waals surface area (Å²) in [5.74, 6) is -0.611. The molecule has 3 heterocycles. The van der Waals surface area contributed by atoms with Gasteiger partial charge in [-0.2, -0.15) is 0 Å². The van der Waals surface area contributed by atoms with Crippen LogP contribution in [0.5, 0.6) is 0 Å². The lowest BCUT2D eigenvalue weighted by Crippen LogP contribution is -2.59. The van der Waals surface area contributed by atoms with E-state index in [-0.39, 0.29) is 35.2 Å². The zero-order chi connectivity index (χ0) is 31.6. The minimum Gasteiger partial charge on any atom is -0.379 e. The Bertz CT molecular complexity index is 1770. The van der Waals surface area contributed by atoms with Crippen molar-refractivity contribution in [1.82, 2.24) is 10.2 Å². The molecule has 8 nitrogen and oxygen atoms in total. The van der Waals surface area contributed by atoms with Gasteiger partial charge in [0, 0.05) is 35.6 Å². The monoisotopic (exact) mass is 651 g/mol. The van der Waals surface area contributed by atoms with Crippen LogP contribution in [0.4, 0.5) is 10.1 Å². The molecule has 3 aliphatic heterocycles. The number of benzene rings is 3. The Labute approximate surface area is 267 Å². The van der Waals surface area contributed by atoms with E-state index in [0.717, 1.165) is 36.1 Å². The standard InChI is InChI=1S/C34H35ClFN3O5S/c1-33(20-44-21-33)32(41)38-16-14-34(15-17-38)27-18-23(31(40)37-19-24-4-2-3-5-28(24)35)8-13-29(27)39(30(34)22-6-7-22)45(42,43)26-11-9-25(36)10-12-26/h2-5,8-13,18,22,30H,6-7,14-17,19-21H2,1H3,(H,37,40). The third-order valence-electron chi connectivity index (χ3n) is 9.99. The van der Waals surface area contributed by atoms with Gasteiger partial charge in [0.2, 0.25) is 5.91 Å². The Morgan fingerprint density at radius 3 is 2.33 bits per heavy atom. The van der Waals surface area contributed by atoms with Crippen molar-refractivity contribution in [3.05, 3.63) is 94.3 Å². The second-order valence-electron chi connectivity index (χ2n) is 13.0. The van der Waals surface area contributed by atoms with Crippen molar-refractivity contribution in [3.63, 3.8) is 0 Å². The number of nitrogens with zero attached hydrogens (tertiary/aromatic N) is 2. The number of carbonyl (C=O) groups is 2. The molecule has 2 saturated heterocycles. The predicted molar refractivity (Wildman–Crippen MR) is 168 cm³/mol. The first kappa shape index (κ1) is 30.2. The van der Waals surface area contributed by atoms with Gasteiger partial charge in [0.25, 0.3) is 15.9 Å². The average Bonchev–Trinajstić information content (AvgIpc) is 3.83. The molecule has 2 amide bonds. The molecule has 3 fully saturated rings. The molecule has 7 rings (SSSR count). The largest absolute Gasteiger partial charge is 0.379 e. The number of halogens is 2. The SMILES string of the molecule is CC1(C(=O)N2CCC3(CC2)c2cc(C(=O)NCc4ccccc4Cl)ccc2N(S(=O)(=O)c2ccc(F)cc2)C3C2CC2)COC1. The number of sulfonamides is 1. The third kappa shape index (κ3) is 5.11. The lowest BCUT2D eigenvalue weighted by Gasteiger charge is -2.48. The summed E-state index contributed by atoms with van der Waals surface area (Å²) < 4.78 is 49.5. The number of amides is 2. The van der Waals surface area contributed by atoms with Gasteiger partial charge in [0.05, 0.1) is 35.3 Å². The molecule has 1 saturated carbocycles. The zero-order valence-electron chi connectivity index (χ0n) is 25.0. The van der Waals surface area contributed by atoms with Crippen LogP contribution in [0.25, 0.3) is 0 Å². The van der Waals surface area contributed by atoms with Gasteiger partial charge in [-0.15, -0.1) is 0 Å². The number of hydrogen-bond acceptors (Lipinski definition) is 5. The zero-order valence-corrected chi connectivity index (χ0v) is 26.5. The Kier molecular flexibility index (Phi) is 7.45. The van der Waals surface area contributed by atoms with Gasteiger partial charge in [-0.1, -0.05) is 29.8 Å². The predicted octanol–water partition coefficient (Wildman–Crippen LogP) is 5.29. The van der Waals surface area contributed by atoms with Crippen LogP contribution in [-0.2, 0) is 31.5 Å². The minimum absolute atomic E-state index is 0.0182. The third-order valence-corrected chi connectivity index (χ3v) is 12.2. The Hall–Kier alpha value is -3.47. The molecule has 1 N–H and O–H groups in total. The van der Waals surface area contributed by atoms with Crippen molar-refractivity contribution in [3.8, 4) is 0 Å². The van der Waals surface area contributed by atoms with Crippen LogP contribution in [0.1, 0.15) is 54.1 Å². The molecule has 0 bridgehead atoms. The second kappa shape index (κ2) is 11.1. The first-order valence-electron chi connectivity index (χ1n) is 15.4. The first-order chi connectivity index (χ1) is 21.5. The molecule has 0 radical (unpaired) electrons. The highest BCUT2D eigenvalue weighted by Crippen LogP contribution is 2.59. The van der Waals surface area contributed by atoms with Gasteiger partial charge in [-0.25, -0.2) is 12.8 Å². The lowest BCUT2D eigenvalue weighted by atomic mass is 9.67. The van der Waals surface area contributed by atoms with Crippen molar-refractivity contribution in [2.45, 2.75) is 55.5 Å².